The Morgan fingerprint density at radius 3 is 2.59 bits per heavy atom. The average Bonchev–Trinajstić information content (AvgIpc) is 2.69. The van der Waals surface area contributed by atoms with Gasteiger partial charge in [0.15, 0.2) is 5.16 Å². The van der Waals surface area contributed by atoms with Crippen LogP contribution in [0, 0.1) is 13.8 Å². The second-order valence-electron chi connectivity index (χ2n) is 7.41. The van der Waals surface area contributed by atoms with Crippen LogP contribution in [0.1, 0.15) is 44.4 Å². The van der Waals surface area contributed by atoms with Crippen LogP contribution in [0.5, 0.6) is 0 Å². The molecular weight excluding hydrogens is 382 g/mol. The number of aromatic nitrogens is 2. The molecule has 3 rings (SSSR count). The number of aryl methyl sites for hydroxylation is 2. The number of benzene rings is 2. The second kappa shape index (κ2) is 8.82. The van der Waals surface area contributed by atoms with Gasteiger partial charge in [0.1, 0.15) is 0 Å². The summed E-state index contributed by atoms with van der Waals surface area (Å²) in [5.41, 5.74) is 3.58. The van der Waals surface area contributed by atoms with Gasteiger partial charge in [-0.1, -0.05) is 48.5 Å². The maximum absolute atomic E-state index is 13.1. The maximum atomic E-state index is 13.1. The van der Waals surface area contributed by atoms with Crippen molar-refractivity contribution in [3.05, 3.63) is 63.9 Å². The molecule has 0 saturated carbocycles. The number of para-hydroxylation sites is 1. The molecular formula is C23H27N3O2S. The fourth-order valence-corrected chi connectivity index (χ4v) is 4.19. The molecule has 2 atom stereocenters. The summed E-state index contributed by atoms with van der Waals surface area (Å²) in [6, 6.07) is 13.3. The number of thioether (sulfide) groups is 1. The summed E-state index contributed by atoms with van der Waals surface area (Å²) < 4.78 is 1.72. The smallest absolute Gasteiger partial charge is 0.262 e. The number of nitrogens with one attached hydrogen (secondary N) is 1. The molecule has 5 nitrogen and oxygen atoms in total. The number of fused-ring (bicyclic) bond motifs is 1. The van der Waals surface area contributed by atoms with E-state index in [0.717, 1.165) is 23.2 Å². The molecule has 0 bridgehead atoms. The van der Waals surface area contributed by atoms with Gasteiger partial charge in [-0.25, -0.2) is 4.98 Å². The van der Waals surface area contributed by atoms with E-state index < -0.39 is 5.25 Å². The molecule has 2 aromatic carbocycles. The van der Waals surface area contributed by atoms with E-state index in [0.29, 0.717) is 16.1 Å². The first kappa shape index (κ1) is 21.1. The first-order chi connectivity index (χ1) is 13.8. The minimum atomic E-state index is -0.404. The Morgan fingerprint density at radius 1 is 1.17 bits per heavy atom. The fourth-order valence-electron chi connectivity index (χ4n) is 3.18. The van der Waals surface area contributed by atoms with Gasteiger partial charge in [0.25, 0.3) is 5.56 Å². The lowest BCUT2D eigenvalue weighted by Gasteiger charge is -2.20. The Hall–Kier alpha value is -2.60. The summed E-state index contributed by atoms with van der Waals surface area (Å²) in [4.78, 5) is 30.6. The molecule has 0 unspecified atom stereocenters. The van der Waals surface area contributed by atoms with Crippen LogP contribution in [-0.2, 0) is 4.79 Å². The summed E-state index contributed by atoms with van der Waals surface area (Å²) in [5.74, 6) is -0.111. The van der Waals surface area contributed by atoms with Gasteiger partial charge >= 0.3 is 0 Å². The van der Waals surface area contributed by atoms with Crippen molar-refractivity contribution in [3.8, 4) is 0 Å². The monoisotopic (exact) mass is 409 g/mol. The topological polar surface area (TPSA) is 64.0 Å². The quantitative estimate of drug-likeness (QED) is 0.454. The number of anilines is 1. The summed E-state index contributed by atoms with van der Waals surface area (Å²) in [5, 5.41) is 3.77. The molecule has 0 aliphatic carbocycles. The van der Waals surface area contributed by atoms with E-state index in [2.05, 4.69) is 5.32 Å². The molecule has 0 fully saturated rings. The van der Waals surface area contributed by atoms with E-state index in [1.807, 2.05) is 71.0 Å². The third kappa shape index (κ3) is 4.53. The molecule has 0 aliphatic rings. The molecule has 0 aliphatic heterocycles. The van der Waals surface area contributed by atoms with Crippen molar-refractivity contribution < 1.29 is 4.79 Å². The third-order valence-corrected chi connectivity index (χ3v) is 6.16. The van der Waals surface area contributed by atoms with Gasteiger partial charge in [-0.15, -0.1) is 0 Å². The molecule has 6 heteroatoms. The molecule has 0 saturated heterocycles. The van der Waals surface area contributed by atoms with Crippen LogP contribution >= 0.6 is 11.8 Å². The first-order valence-corrected chi connectivity index (χ1v) is 10.8. The summed E-state index contributed by atoms with van der Waals surface area (Å²) in [6.07, 6.45) is 0.802. The predicted octanol–water partition coefficient (Wildman–Crippen LogP) is 5.10. The zero-order valence-corrected chi connectivity index (χ0v) is 18.3. The Bertz CT molecular complexity index is 1110. The summed E-state index contributed by atoms with van der Waals surface area (Å²) in [6.45, 7) is 9.88. The van der Waals surface area contributed by atoms with Gasteiger partial charge in [0, 0.05) is 11.7 Å². The SMILES string of the molecule is CC[C@@H](C)n1c(S[C@@H](C)C(=O)Nc2ccc(C)cc2C)nc2ccccc2c1=O. The van der Waals surface area contributed by atoms with E-state index in [4.69, 9.17) is 4.98 Å². The number of nitrogens with zero attached hydrogens (tertiary/aromatic N) is 2. The molecule has 1 heterocycles. The number of amides is 1. The van der Waals surface area contributed by atoms with Gasteiger partial charge in [0.05, 0.1) is 16.2 Å². The highest BCUT2D eigenvalue weighted by molar-refractivity contribution is 8.00. The van der Waals surface area contributed by atoms with E-state index in [9.17, 15) is 9.59 Å². The van der Waals surface area contributed by atoms with Gasteiger partial charge < -0.3 is 5.32 Å². The Balaban J connectivity index is 1.91. The van der Waals surface area contributed by atoms with Crippen LogP contribution in [0.15, 0.2) is 52.4 Å². The van der Waals surface area contributed by atoms with E-state index in [-0.39, 0.29) is 17.5 Å². The predicted molar refractivity (Wildman–Crippen MR) is 121 cm³/mol. The van der Waals surface area contributed by atoms with Gasteiger partial charge in [-0.05, 0) is 57.9 Å². The summed E-state index contributed by atoms with van der Waals surface area (Å²) in [7, 11) is 0. The number of rotatable bonds is 6. The molecule has 0 radical (unpaired) electrons. The van der Waals surface area contributed by atoms with E-state index in [1.54, 1.807) is 10.6 Å². The van der Waals surface area contributed by atoms with Crippen molar-refractivity contribution in [2.45, 2.75) is 57.5 Å². The lowest BCUT2D eigenvalue weighted by Crippen LogP contribution is -2.28. The first-order valence-electron chi connectivity index (χ1n) is 9.87. The Labute approximate surface area is 175 Å². The van der Waals surface area contributed by atoms with Gasteiger partial charge in [-0.3, -0.25) is 14.2 Å². The molecule has 0 spiro atoms. The Kier molecular flexibility index (Phi) is 6.42. The minimum Gasteiger partial charge on any atom is -0.325 e. The highest BCUT2D eigenvalue weighted by Crippen LogP contribution is 2.27. The lowest BCUT2D eigenvalue weighted by molar-refractivity contribution is -0.115. The molecule has 29 heavy (non-hydrogen) atoms. The van der Waals surface area contributed by atoms with Crippen molar-refractivity contribution in [2.24, 2.45) is 0 Å². The minimum absolute atomic E-state index is 0.00305. The van der Waals surface area contributed by atoms with Crippen LogP contribution in [0.2, 0.25) is 0 Å². The molecule has 3 aromatic rings. The number of carbonyl (C=O) groups is 1. The van der Waals surface area contributed by atoms with Crippen LogP contribution in [0.4, 0.5) is 5.69 Å². The lowest BCUT2D eigenvalue weighted by atomic mass is 10.1. The maximum Gasteiger partial charge on any atom is 0.262 e. The zero-order valence-electron chi connectivity index (χ0n) is 17.5. The third-order valence-electron chi connectivity index (χ3n) is 5.10. The van der Waals surface area contributed by atoms with Crippen molar-refractivity contribution in [2.75, 3.05) is 5.32 Å². The highest BCUT2D eigenvalue weighted by atomic mass is 32.2. The van der Waals surface area contributed by atoms with E-state index in [1.165, 1.54) is 11.8 Å². The zero-order chi connectivity index (χ0) is 21.1. The molecule has 152 valence electrons. The second-order valence-corrected chi connectivity index (χ2v) is 8.72. The van der Waals surface area contributed by atoms with Crippen LogP contribution in [0.3, 0.4) is 0 Å². The standard InChI is InChI=1S/C23H27N3O2S/c1-6-16(4)26-22(28)18-9-7-8-10-20(18)25-23(26)29-17(5)21(27)24-19-12-11-14(2)13-15(19)3/h7-13,16-17H,6H2,1-5H3,(H,24,27)/t16-,17+/m1/s1. The van der Waals surface area contributed by atoms with Crippen LogP contribution in [-0.4, -0.2) is 20.7 Å². The van der Waals surface area contributed by atoms with Crippen molar-refractivity contribution >= 4 is 34.3 Å². The summed E-state index contributed by atoms with van der Waals surface area (Å²) >= 11 is 1.32. The fraction of sp³-hybridized carbons (Fsp3) is 0.348. The number of hydrogen-bond donors (Lipinski definition) is 1. The van der Waals surface area contributed by atoms with Crippen molar-refractivity contribution in [1.82, 2.24) is 9.55 Å². The average molecular weight is 410 g/mol. The van der Waals surface area contributed by atoms with Crippen molar-refractivity contribution in [1.29, 1.82) is 0 Å². The molecule has 1 amide bonds. The number of hydrogen-bond acceptors (Lipinski definition) is 4. The van der Waals surface area contributed by atoms with E-state index >= 15 is 0 Å². The Morgan fingerprint density at radius 2 is 1.90 bits per heavy atom. The van der Waals surface area contributed by atoms with Gasteiger partial charge in [-0.2, -0.15) is 0 Å². The molecule has 1 aromatic heterocycles. The highest BCUT2D eigenvalue weighted by Gasteiger charge is 2.21. The number of carbonyl (C=O) groups excluding carboxylic acids is 1. The van der Waals surface area contributed by atoms with Gasteiger partial charge in [0.2, 0.25) is 5.91 Å². The van der Waals surface area contributed by atoms with Crippen LogP contribution in [0.25, 0.3) is 10.9 Å². The largest absolute Gasteiger partial charge is 0.325 e. The van der Waals surface area contributed by atoms with Crippen LogP contribution < -0.4 is 10.9 Å². The molecule has 1 N–H and O–H groups in total. The normalized spacial score (nSPS) is 13.3. The van der Waals surface area contributed by atoms with Crippen molar-refractivity contribution in [3.63, 3.8) is 0 Å².